The van der Waals surface area contributed by atoms with Crippen molar-refractivity contribution in [2.24, 2.45) is 0 Å². The Labute approximate surface area is 113 Å². The number of aryl methyl sites for hydroxylation is 1. The molecule has 19 heavy (non-hydrogen) atoms. The maximum absolute atomic E-state index is 11.6. The molecule has 0 aromatic carbocycles. The number of anilines is 1. The highest BCUT2D eigenvalue weighted by Crippen LogP contribution is 2.38. The van der Waals surface area contributed by atoms with Crippen LogP contribution in [-0.4, -0.2) is 28.1 Å². The van der Waals surface area contributed by atoms with Crippen molar-refractivity contribution in [3.63, 3.8) is 0 Å². The molecule has 0 radical (unpaired) electrons. The number of nitrogens with one attached hydrogen (secondary N) is 3. The largest absolute Gasteiger partial charge is 0.367 e. The Kier molecular flexibility index (Phi) is 3.31. The molecule has 1 aliphatic heterocycles. The van der Waals surface area contributed by atoms with E-state index in [1.807, 2.05) is 6.92 Å². The lowest BCUT2D eigenvalue weighted by Crippen LogP contribution is -2.58. The molecule has 0 bridgehead atoms. The van der Waals surface area contributed by atoms with Crippen LogP contribution in [-0.2, 0) is 6.42 Å². The third kappa shape index (κ3) is 2.66. The third-order valence-corrected chi connectivity index (χ3v) is 4.42. The summed E-state index contributed by atoms with van der Waals surface area (Å²) < 4.78 is 0. The number of hydrogen-bond donors (Lipinski definition) is 3. The topological polar surface area (TPSA) is 69.8 Å². The van der Waals surface area contributed by atoms with Crippen molar-refractivity contribution in [2.75, 3.05) is 11.9 Å². The molecule has 1 spiro atoms. The Bertz CT molecular complexity index is 506. The second-order valence-electron chi connectivity index (χ2n) is 5.83. The first-order valence-corrected chi connectivity index (χ1v) is 7.31. The van der Waals surface area contributed by atoms with Crippen LogP contribution in [0.5, 0.6) is 0 Å². The molecule has 1 saturated carbocycles. The summed E-state index contributed by atoms with van der Waals surface area (Å²) in [6, 6.07) is 2.00. The Hall–Kier alpha value is -1.36. The molecule has 1 unspecified atom stereocenters. The van der Waals surface area contributed by atoms with Crippen LogP contribution >= 0.6 is 0 Å². The number of H-pyrrole nitrogens is 1. The fourth-order valence-electron chi connectivity index (χ4n) is 3.22. The van der Waals surface area contributed by atoms with Gasteiger partial charge in [-0.3, -0.25) is 4.79 Å². The predicted octanol–water partition coefficient (Wildman–Crippen LogP) is 1.42. The number of rotatable bonds is 3. The molecule has 5 nitrogen and oxygen atoms in total. The van der Waals surface area contributed by atoms with Crippen molar-refractivity contribution in [1.29, 1.82) is 0 Å². The molecule has 1 aromatic heterocycles. The minimum Gasteiger partial charge on any atom is -0.367 e. The Balaban J connectivity index is 1.70. The number of aromatic nitrogens is 2. The molecule has 2 aliphatic rings. The maximum Gasteiger partial charge on any atom is 0.252 e. The van der Waals surface area contributed by atoms with Crippen LogP contribution in [0, 0.1) is 0 Å². The Morgan fingerprint density at radius 1 is 1.53 bits per heavy atom. The summed E-state index contributed by atoms with van der Waals surface area (Å²) in [4.78, 5) is 18.8. The van der Waals surface area contributed by atoms with Crippen LogP contribution in [0.1, 0.15) is 44.9 Å². The molecular formula is C14H22N4O. The first-order chi connectivity index (χ1) is 9.19. The van der Waals surface area contributed by atoms with Gasteiger partial charge >= 0.3 is 0 Å². The summed E-state index contributed by atoms with van der Waals surface area (Å²) in [6.07, 6.45) is 6.90. The van der Waals surface area contributed by atoms with E-state index in [0.29, 0.717) is 11.6 Å². The van der Waals surface area contributed by atoms with E-state index in [1.54, 1.807) is 6.07 Å². The summed E-state index contributed by atoms with van der Waals surface area (Å²) in [5, 5.41) is 7.10. The second-order valence-corrected chi connectivity index (χ2v) is 5.83. The smallest absolute Gasteiger partial charge is 0.252 e. The van der Waals surface area contributed by atoms with Crippen LogP contribution in [0.15, 0.2) is 10.9 Å². The van der Waals surface area contributed by atoms with Gasteiger partial charge in [0.15, 0.2) is 0 Å². The summed E-state index contributed by atoms with van der Waals surface area (Å²) in [6.45, 7) is 3.05. The van der Waals surface area contributed by atoms with Crippen molar-refractivity contribution in [1.82, 2.24) is 15.3 Å². The minimum absolute atomic E-state index is 0.0679. The molecule has 1 saturated heterocycles. The van der Waals surface area contributed by atoms with Crippen LogP contribution in [0.2, 0.25) is 0 Å². The van der Waals surface area contributed by atoms with Crippen LogP contribution < -0.4 is 16.2 Å². The fourth-order valence-corrected chi connectivity index (χ4v) is 3.22. The monoisotopic (exact) mass is 262 g/mol. The van der Waals surface area contributed by atoms with E-state index in [9.17, 15) is 4.79 Å². The summed E-state index contributed by atoms with van der Waals surface area (Å²) in [7, 11) is 0. The normalized spacial score (nSPS) is 25.0. The van der Waals surface area contributed by atoms with Gasteiger partial charge in [0.1, 0.15) is 11.6 Å². The van der Waals surface area contributed by atoms with E-state index < -0.39 is 0 Å². The predicted molar refractivity (Wildman–Crippen MR) is 75.5 cm³/mol. The van der Waals surface area contributed by atoms with E-state index in [4.69, 9.17) is 0 Å². The number of nitrogens with zero attached hydrogens (tertiary/aromatic N) is 1. The van der Waals surface area contributed by atoms with Gasteiger partial charge in [0.25, 0.3) is 5.56 Å². The molecular weight excluding hydrogens is 240 g/mol. The quantitative estimate of drug-likeness (QED) is 0.770. The molecule has 104 valence electrons. The lowest BCUT2D eigenvalue weighted by atomic mass is 9.70. The van der Waals surface area contributed by atoms with Gasteiger partial charge in [-0.2, -0.15) is 0 Å². The first-order valence-electron chi connectivity index (χ1n) is 7.31. The summed E-state index contributed by atoms with van der Waals surface area (Å²) in [5.74, 6) is 1.48. The van der Waals surface area contributed by atoms with E-state index in [1.165, 1.54) is 19.3 Å². The highest BCUT2D eigenvalue weighted by Gasteiger charge is 2.40. The van der Waals surface area contributed by atoms with E-state index in [2.05, 4.69) is 20.6 Å². The van der Waals surface area contributed by atoms with Crippen molar-refractivity contribution in [2.45, 2.75) is 57.0 Å². The van der Waals surface area contributed by atoms with Gasteiger partial charge in [0.2, 0.25) is 0 Å². The first kappa shape index (κ1) is 12.7. The van der Waals surface area contributed by atoms with Gasteiger partial charge in [0.05, 0.1) is 0 Å². The van der Waals surface area contributed by atoms with E-state index in [-0.39, 0.29) is 5.56 Å². The van der Waals surface area contributed by atoms with Crippen molar-refractivity contribution >= 4 is 5.82 Å². The number of hydrogen-bond acceptors (Lipinski definition) is 4. The van der Waals surface area contributed by atoms with Gasteiger partial charge in [-0.1, -0.05) is 6.92 Å². The standard InChI is InChI=1S/C14H22N4O/c1-2-11-17-12(8-13(19)18-11)16-10-4-7-15-14(9-10)5-3-6-14/h8,10,15H,2-7,9H2,1H3,(H2,16,17,18,19). The minimum atomic E-state index is -0.0679. The molecule has 2 fully saturated rings. The average Bonchev–Trinajstić information content (AvgIpc) is 2.36. The molecule has 5 heteroatoms. The average molecular weight is 262 g/mol. The van der Waals surface area contributed by atoms with Crippen LogP contribution in [0.25, 0.3) is 0 Å². The van der Waals surface area contributed by atoms with Crippen molar-refractivity contribution in [3.05, 3.63) is 22.2 Å². The maximum atomic E-state index is 11.6. The fraction of sp³-hybridized carbons (Fsp3) is 0.714. The summed E-state index contributed by atoms with van der Waals surface area (Å²) >= 11 is 0. The Morgan fingerprint density at radius 2 is 2.37 bits per heavy atom. The summed E-state index contributed by atoms with van der Waals surface area (Å²) in [5.41, 5.74) is 0.298. The zero-order valence-corrected chi connectivity index (χ0v) is 11.5. The van der Waals surface area contributed by atoms with Crippen molar-refractivity contribution in [3.8, 4) is 0 Å². The van der Waals surface area contributed by atoms with Crippen LogP contribution in [0.4, 0.5) is 5.82 Å². The molecule has 1 atom stereocenters. The van der Waals surface area contributed by atoms with Gasteiger partial charge in [-0.25, -0.2) is 4.98 Å². The van der Waals surface area contributed by atoms with Gasteiger partial charge in [-0.15, -0.1) is 0 Å². The third-order valence-electron chi connectivity index (χ3n) is 4.42. The van der Waals surface area contributed by atoms with Gasteiger partial charge < -0.3 is 15.6 Å². The van der Waals surface area contributed by atoms with E-state index in [0.717, 1.165) is 37.4 Å². The molecule has 2 heterocycles. The molecule has 0 amide bonds. The second kappa shape index (κ2) is 4.96. The SMILES string of the molecule is CCc1nc(NC2CCNC3(CCC3)C2)cc(=O)[nH]1. The van der Waals surface area contributed by atoms with Crippen molar-refractivity contribution < 1.29 is 0 Å². The molecule has 3 rings (SSSR count). The highest BCUT2D eigenvalue weighted by molar-refractivity contribution is 5.35. The zero-order chi connectivity index (χ0) is 13.3. The lowest BCUT2D eigenvalue weighted by molar-refractivity contribution is 0.135. The number of aromatic amines is 1. The molecule has 1 aromatic rings. The Morgan fingerprint density at radius 3 is 3.05 bits per heavy atom. The highest BCUT2D eigenvalue weighted by atomic mass is 16.1. The zero-order valence-electron chi connectivity index (χ0n) is 11.5. The molecule has 3 N–H and O–H groups in total. The van der Waals surface area contributed by atoms with E-state index >= 15 is 0 Å². The number of piperidine rings is 1. The lowest BCUT2D eigenvalue weighted by Gasteiger charge is -2.48. The van der Waals surface area contributed by atoms with Crippen LogP contribution in [0.3, 0.4) is 0 Å². The van der Waals surface area contributed by atoms with Gasteiger partial charge in [-0.05, 0) is 38.6 Å². The molecule has 1 aliphatic carbocycles. The van der Waals surface area contributed by atoms with Gasteiger partial charge in [0, 0.05) is 24.1 Å².